The summed E-state index contributed by atoms with van der Waals surface area (Å²) in [6.45, 7) is 9.01. The van der Waals surface area contributed by atoms with Gasteiger partial charge in [0, 0.05) is 17.7 Å². The number of benzene rings is 1. The van der Waals surface area contributed by atoms with E-state index in [9.17, 15) is 0 Å². The molecule has 1 aromatic carbocycles. The quantitative estimate of drug-likeness (QED) is 0.552. The highest BCUT2D eigenvalue weighted by molar-refractivity contribution is 7.80. The molecule has 0 saturated heterocycles. The van der Waals surface area contributed by atoms with Gasteiger partial charge in [0.2, 0.25) is 6.04 Å². The van der Waals surface area contributed by atoms with Crippen molar-refractivity contribution in [1.82, 2.24) is 0 Å². The molecule has 1 aromatic rings. The first-order valence-corrected chi connectivity index (χ1v) is 4.85. The Morgan fingerprint density at radius 2 is 2.00 bits per heavy atom. The highest BCUT2D eigenvalue weighted by Crippen LogP contribution is 2.12. The topological polar surface area (TPSA) is 4.36 Å². The third-order valence-corrected chi connectivity index (χ3v) is 2.36. The van der Waals surface area contributed by atoms with E-state index in [1.165, 1.54) is 5.56 Å². The van der Waals surface area contributed by atoms with E-state index in [1.54, 1.807) is 0 Å². The molecule has 0 bridgehead atoms. The summed E-state index contributed by atoms with van der Waals surface area (Å²) in [7, 11) is 0. The molecule has 0 radical (unpaired) electrons. The smallest absolute Gasteiger partial charge is 0.227 e. The molecule has 0 aliphatic carbocycles. The summed E-state index contributed by atoms with van der Waals surface area (Å²) in [5.41, 5.74) is 1.22. The van der Waals surface area contributed by atoms with Gasteiger partial charge in [0.1, 0.15) is 0 Å². The molecular weight excluding hydrogens is 178 g/mol. The summed E-state index contributed by atoms with van der Waals surface area (Å²) >= 11 is 4.21. The van der Waals surface area contributed by atoms with Gasteiger partial charge in [-0.25, -0.2) is 6.57 Å². The fourth-order valence-corrected chi connectivity index (χ4v) is 1.33. The van der Waals surface area contributed by atoms with E-state index >= 15 is 0 Å². The molecule has 0 amide bonds. The Morgan fingerprint density at radius 1 is 1.38 bits per heavy atom. The largest absolute Gasteiger partial charge is 0.313 e. The van der Waals surface area contributed by atoms with Gasteiger partial charge in [-0.1, -0.05) is 19.1 Å². The van der Waals surface area contributed by atoms with Crippen LogP contribution < -0.4 is 0 Å². The highest BCUT2D eigenvalue weighted by Gasteiger charge is 2.09. The summed E-state index contributed by atoms with van der Waals surface area (Å²) in [4.78, 5) is 4.53. The summed E-state index contributed by atoms with van der Waals surface area (Å²) < 4.78 is 0. The van der Waals surface area contributed by atoms with Crippen molar-refractivity contribution >= 4 is 12.6 Å². The molecule has 0 N–H and O–H groups in total. The van der Waals surface area contributed by atoms with E-state index in [2.05, 4.69) is 24.4 Å². The summed E-state index contributed by atoms with van der Waals surface area (Å²) in [6.07, 6.45) is 1.78. The highest BCUT2D eigenvalue weighted by atomic mass is 32.1. The van der Waals surface area contributed by atoms with Crippen molar-refractivity contribution in [2.24, 2.45) is 0 Å². The van der Waals surface area contributed by atoms with Crippen LogP contribution in [0, 0.1) is 6.57 Å². The lowest BCUT2D eigenvalue weighted by atomic mass is 10.1. The van der Waals surface area contributed by atoms with Crippen LogP contribution in [0.4, 0.5) is 0 Å². The molecule has 2 heteroatoms. The molecule has 0 heterocycles. The minimum absolute atomic E-state index is 0.130. The Balaban J connectivity index is 2.64. The maximum Gasteiger partial charge on any atom is 0.227 e. The standard InChI is InChI=1S/C11H13NS/c1-3-10(12-2)8-9-4-6-11(13)7-5-9/h4-7,10,13H,3,8H2,1H3. The fourth-order valence-electron chi connectivity index (χ4n) is 1.19. The molecule has 0 fully saturated rings. The number of hydrogen-bond acceptors (Lipinski definition) is 1. The second-order valence-electron chi connectivity index (χ2n) is 3.06. The zero-order valence-electron chi connectivity index (χ0n) is 7.70. The predicted octanol–water partition coefficient (Wildman–Crippen LogP) is 3.22. The zero-order valence-corrected chi connectivity index (χ0v) is 8.59. The summed E-state index contributed by atoms with van der Waals surface area (Å²) in [5, 5.41) is 0. The summed E-state index contributed by atoms with van der Waals surface area (Å²) in [6, 6.07) is 8.14. The Morgan fingerprint density at radius 3 is 2.46 bits per heavy atom. The van der Waals surface area contributed by atoms with Crippen molar-refractivity contribution < 1.29 is 0 Å². The molecule has 0 saturated carbocycles. The van der Waals surface area contributed by atoms with Crippen molar-refractivity contribution in [3.05, 3.63) is 41.2 Å². The third-order valence-electron chi connectivity index (χ3n) is 2.06. The lowest BCUT2D eigenvalue weighted by Crippen LogP contribution is -2.03. The van der Waals surface area contributed by atoms with Gasteiger partial charge in [-0.05, 0) is 17.7 Å². The average molecular weight is 191 g/mol. The number of hydrogen-bond donors (Lipinski definition) is 1. The van der Waals surface area contributed by atoms with Crippen LogP contribution in [0.25, 0.3) is 4.85 Å². The Hall–Kier alpha value is -0.940. The van der Waals surface area contributed by atoms with Crippen LogP contribution in [-0.2, 0) is 6.42 Å². The minimum atomic E-state index is 0.130. The van der Waals surface area contributed by atoms with Crippen LogP contribution in [0.5, 0.6) is 0 Å². The van der Waals surface area contributed by atoms with E-state index < -0.39 is 0 Å². The van der Waals surface area contributed by atoms with E-state index in [-0.39, 0.29) is 6.04 Å². The zero-order chi connectivity index (χ0) is 9.68. The van der Waals surface area contributed by atoms with Gasteiger partial charge in [-0.3, -0.25) is 0 Å². The molecule has 1 rings (SSSR count). The van der Waals surface area contributed by atoms with Gasteiger partial charge in [0.25, 0.3) is 0 Å². The lowest BCUT2D eigenvalue weighted by molar-refractivity contribution is 0.733. The molecule has 1 atom stereocenters. The van der Waals surface area contributed by atoms with Crippen LogP contribution in [0.3, 0.4) is 0 Å². The van der Waals surface area contributed by atoms with E-state index in [0.29, 0.717) is 0 Å². The van der Waals surface area contributed by atoms with Gasteiger partial charge in [-0.15, -0.1) is 12.6 Å². The molecule has 13 heavy (non-hydrogen) atoms. The predicted molar refractivity (Wildman–Crippen MR) is 58.1 cm³/mol. The van der Waals surface area contributed by atoms with Gasteiger partial charge in [0.15, 0.2) is 0 Å². The van der Waals surface area contributed by atoms with Crippen LogP contribution in [0.1, 0.15) is 18.9 Å². The maximum absolute atomic E-state index is 6.96. The minimum Gasteiger partial charge on any atom is -0.313 e. The summed E-state index contributed by atoms with van der Waals surface area (Å²) in [5.74, 6) is 0. The van der Waals surface area contributed by atoms with Crippen molar-refractivity contribution in [1.29, 1.82) is 0 Å². The van der Waals surface area contributed by atoms with Crippen molar-refractivity contribution in [3.63, 3.8) is 0 Å². The van der Waals surface area contributed by atoms with Gasteiger partial charge in [0.05, 0.1) is 0 Å². The second kappa shape index (κ2) is 4.94. The molecule has 0 spiro atoms. The fraction of sp³-hybridized carbons (Fsp3) is 0.364. The normalized spacial score (nSPS) is 12.1. The molecule has 0 aliphatic heterocycles. The lowest BCUT2D eigenvalue weighted by Gasteiger charge is -2.02. The maximum atomic E-state index is 6.96. The van der Waals surface area contributed by atoms with E-state index in [0.717, 1.165) is 17.7 Å². The van der Waals surface area contributed by atoms with Gasteiger partial charge >= 0.3 is 0 Å². The van der Waals surface area contributed by atoms with Crippen LogP contribution >= 0.6 is 12.6 Å². The first kappa shape index (κ1) is 10.1. The number of rotatable bonds is 3. The first-order valence-electron chi connectivity index (χ1n) is 4.40. The third kappa shape index (κ3) is 3.12. The molecule has 0 aliphatic rings. The number of thiol groups is 1. The van der Waals surface area contributed by atoms with Crippen LogP contribution in [0.2, 0.25) is 0 Å². The Kier molecular flexibility index (Phi) is 3.85. The van der Waals surface area contributed by atoms with Crippen LogP contribution in [-0.4, -0.2) is 6.04 Å². The van der Waals surface area contributed by atoms with Gasteiger partial charge in [-0.2, -0.15) is 0 Å². The monoisotopic (exact) mass is 191 g/mol. The van der Waals surface area contributed by atoms with E-state index in [1.807, 2.05) is 24.3 Å². The van der Waals surface area contributed by atoms with E-state index in [4.69, 9.17) is 6.57 Å². The van der Waals surface area contributed by atoms with Gasteiger partial charge < -0.3 is 4.85 Å². The second-order valence-corrected chi connectivity index (χ2v) is 3.58. The average Bonchev–Trinajstić information content (AvgIpc) is 2.17. The molecule has 68 valence electrons. The van der Waals surface area contributed by atoms with Crippen molar-refractivity contribution in [2.45, 2.75) is 30.7 Å². The van der Waals surface area contributed by atoms with Crippen LogP contribution in [0.15, 0.2) is 29.2 Å². The SMILES string of the molecule is [C-]#[N+]C(CC)Cc1ccc(S)cc1. The first-order chi connectivity index (χ1) is 6.26. The van der Waals surface area contributed by atoms with Crippen molar-refractivity contribution in [3.8, 4) is 0 Å². The molecule has 0 aromatic heterocycles. The molecule has 1 unspecified atom stereocenters. The molecular formula is C11H13NS. The Labute approximate surface area is 85.0 Å². The Bertz CT molecular complexity index is 297. The number of nitrogens with zero attached hydrogens (tertiary/aromatic N) is 1. The molecule has 1 nitrogen and oxygen atoms in total. The van der Waals surface area contributed by atoms with Crippen molar-refractivity contribution in [2.75, 3.05) is 0 Å².